The van der Waals surface area contributed by atoms with Crippen molar-refractivity contribution in [2.24, 2.45) is 5.92 Å². The van der Waals surface area contributed by atoms with Gasteiger partial charge in [0.05, 0.1) is 31.7 Å². The van der Waals surface area contributed by atoms with Gasteiger partial charge in [-0.3, -0.25) is 9.59 Å². The van der Waals surface area contributed by atoms with Gasteiger partial charge < -0.3 is 24.8 Å². The number of rotatable bonds is 7. The summed E-state index contributed by atoms with van der Waals surface area (Å²) in [7, 11) is 0. The number of amides is 2. The molecule has 1 saturated heterocycles. The van der Waals surface area contributed by atoms with E-state index in [1.807, 2.05) is 36.4 Å². The Bertz CT molecular complexity index is 1060. The molecule has 2 N–H and O–H groups in total. The summed E-state index contributed by atoms with van der Waals surface area (Å²) in [6.45, 7) is -0.323. The Balaban J connectivity index is 1.39. The highest BCUT2D eigenvalue weighted by Gasteiger charge is 2.38. The average Bonchev–Trinajstić information content (AvgIpc) is 3.39. The maximum atomic E-state index is 12.8. The minimum atomic E-state index is -1.17. The number of fused-ring (bicyclic) bond motifs is 3. The van der Waals surface area contributed by atoms with E-state index in [1.165, 1.54) is 0 Å². The van der Waals surface area contributed by atoms with E-state index in [0.717, 1.165) is 27.2 Å². The van der Waals surface area contributed by atoms with E-state index in [1.54, 1.807) is 0 Å². The Labute approximate surface area is 191 Å². The summed E-state index contributed by atoms with van der Waals surface area (Å²) in [5, 5.41) is 11.7. The van der Waals surface area contributed by atoms with Crippen molar-refractivity contribution in [2.45, 2.75) is 12.0 Å². The van der Waals surface area contributed by atoms with Gasteiger partial charge in [-0.15, -0.1) is 6.42 Å². The number of carbonyl (C=O) groups excluding carboxylic acids is 2. The fourth-order valence-electron chi connectivity index (χ4n) is 4.45. The van der Waals surface area contributed by atoms with E-state index < -0.39 is 36.5 Å². The van der Waals surface area contributed by atoms with Crippen molar-refractivity contribution >= 4 is 18.0 Å². The quantitative estimate of drug-likeness (QED) is 0.629. The molecule has 2 atom stereocenters. The van der Waals surface area contributed by atoms with Gasteiger partial charge >= 0.3 is 12.1 Å². The number of terminal acetylenes is 1. The Hall–Kier alpha value is -3.83. The summed E-state index contributed by atoms with van der Waals surface area (Å²) in [5.41, 5.74) is 4.46. The lowest BCUT2D eigenvalue weighted by molar-refractivity contribution is -0.146. The molecule has 1 fully saturated rings. The number of hydrogen-bond donors (Lipinski definition) is 2. The third kappa shape index (κ3) is 4.69. The number of nitrogens with zero attached hydrogens (tertiary/aromatic N) is 1. The van der Waals surface area contributed by atoms with Crippen LogP contribution in [-0.2, 0) is 19.1 Å². The number of carboxylic acids is 1. The number of nitrogens with one attached hydrogen (secondary N) is 1. The first-order valence-electron chi connectivity index (χ1n) is 10.6. The van der Waals surface area contributed by atoms with Crippen molar-refractivity contribution in [1.29, 1.82) is 0 Å². The van der Waals surface area contributed by atoms with Crippen LogP contribution in [0.25, 0.3) is 11.1 Å². The van der Waals surface area contributed by atoms with Crippen LogP contribution in [0, 0.1) is 18.3 Å². The van der Waals surface area contributed by atoms with Crippen molar-refractivity contribution in [2.75, 3.05) is 32.9 Å². The van der Waals surface area contributed by atoms with Crippen LogP contribution in [0.2, 0.25) is 0 Å². The molecule has 0 saturated carbocycles. The third-order valence-electron chi connectivity index (χ3n) is 5.96. The Morgan fingerprint density at radius 3 is 2.33 bits per heavy atom. The molecule has 2 aliphatic rings. The standard InChI is InChI=1S/C25H24N2O6/c1-2-11-27(12-23(28)29)24(30)21-13-32-15-22(21)26-25(31)33-14-20-18-9-5-3-7-16(18)17-8-4-6-10-19(17)20/h1,3-10,20-22H,11-15H2,(H,26,31)(H,28,29). The van der Waals surface area contributed by atoms with Gasteiger partial charge in [-0.1, -0.05) is 54.5 Å². The van der Waals surface area contributed by atoms with E-state index in [9.17, 15) is 14.4 Å². The topological polar surface area (TPSA) is 105 Å². The van der Waals surface area contributed by atoms with Crippen molar-refractivity contribution in [3.63, 3.8) is 0 Å². The predicted octanol–water partition coefficient (Wildman–Crippen LogP) is 2.09. The maximum absolute atomic E-state index is 12.8. The van der Waals surface area contributed by atoms with Gasteiger partial charge in [-0.2, -0.15) is 0 Å². The zero-order chi connectivity index (χ0) is 23.4. The number of ether oxygens (including phenoxy) is 2. The molecule has 0 spiro atoms. The second-order valence-corrected chi connectivity index (χ2v) is 8.01. The van der Waals surface area contributed by atoms with Gasteiger partial charge in [0.25, 0.3) is 0 Å². The van der Waals surface area contributed by atoms with E-state index >= 15 is 0 Å². The molecule has 0 bridgehead atoms. The first-order valence-corrected chi connectivity index (χ1v) is 10.6. The molecule has 33 heavy (non-hydrogen) atoms. The van der Waals surface area contributed by atoms with Gasteiger partial charge in [0.1, 0.15) is 13.2 Å². The lowest BCUT2D eigenvalue weighted by Crippen LogP contribution is -2.49. The first-order chi connectivity index (χ1) is 16.0. The normalized spacial score (nSPS) is 18.6. The van der Waals surface area contributed by atoms with Crippen molar-refractivity contribution in [3.8, 4) is 23.5 Å². The molecule has 2 amide bonds. The van der Waals surface area contributed by atoms with Crippen molar-refractivity contribution in [1.82, 2.24) is 10.2 Å². The summed E-state index contributed by atoms with van der Waals surface area (Å²) in [6, 6.07) is 15.4. The smallest absolute Gasteiger partial charge is 0.407 e. The molecular weight excluding hydrogens is 424 g/mol. The number of hydrogen-bond acceptors (Lipinski definition) is 5. The molecule has 170 valence electrons. The summed E-state index contributed by atoms with van der Waals surface area (Å²) < 4.78 is 10.9. The highest BCUT2D eigenvalue weighted by atomic mass is 16.5. The largest absolute Gasteiger partial charge is 0.480 e. The van der Waals surface area contributed by atoms with Crippen LogP contribution in [0.1, 0.15) is 17.0 Å². The van der Waals surface area contributed by atoms with Crippen LogP contribution in [-0.4, -0.2) is 66.9 Å². The van der Waals surface area contributed by atoms with Crippen molar-refractivity contribution in [3.05, 3.63) is 59.7 Å². The monoisotopic (exact) mass is 448 g/mol. The van der Waals surface area contributed by atoms with Gasteiger partial charge in [-0.25, -0.2) is 4.79 Å². The SMILES string of the molecule is C#CCN(CC(=O)O)C(=O)C1COCC1NC(=O)OCC1c2ccccc2-c2ccccc21. The molecule has 4 rings (SSSR count). The van der Waals surface area contributed by atoms with Crippen LogP contribution < -0.4 is 5.32 Å². The zero-order valence-electron chi connectivity index (χ0n) is 17.9. The molecule has 1 heterocycles. The Morgan fingerprint density at radius 2 is 1.73 bits per heavy atom. The summed E-state index contributed by atoms with van der Waals surface area (Å²) in [6.07, 6.45) is 4.61. The highest BCUT2D eigenvalue weighted by Crippen LogP contribution is 2.44. The van der Waals surface area contributed by atoms with Crippen LogP contribution in [0.4, 0.5) is 4.79 Å². The average molecular weight is 448 g/mol. The number of carbonyl (C=O) groups is 3. The lowest BCUT2D eigenvalue weighted by Gasteiger charge is -2.25. The minimum absolute atomic E-state index is 0.0633. The maximum Gasteiger partial charge on any atom is 0.407 e. The van der Waals surface area contributed by atoms with E-state index in [4.69, 9.17) is 21.0 Å². The molecule has 1 aliphatic carbocycles. The van der Waals surface area contributed by atoms with Gasteiger partial charge in [-0.05, 0) is 22.3 Å². The number of carboxylic acid groups (broad SMARTS) is 1. The summed E-state index contributed by atoms with van der Waals surface area (Å²) in [4.78, 5) is 37.5. The molecule has 2 aromatic rings. The van der Waals surface area contributed by atoms with Gasteiger partial charge in [0, 0.05) is 5.92 Å². The van der Waals surface area contributed by atoms with Crippen LogP contribution in [0.15, 0.2) is 48.5 Å². The fourth-order valence-corrected chi connectivity index (χ4v) is 4.45. The first kappa shape index (κ1) is 22.4. The van der Waals surface area contributed by atoms with Gasteiger partial charge in [0.2, 0.25) is 5.91 Å². The molecular formula is C25H24N2O6. The fraction of sp³-hybridized carbons (Fsp3) is 0.320. The predicted molar refractivity (Wildman–Crippen MR) is 119 cm³/mol. The number of alkyl carbamates (subject to hydrolysis) is 1. The molecule has 8 nitrogen and oxygen atoms in total. The van der Waals surface area contributed by atoms with Gasteiger partial charge in [0.15, 0.2) is 0 Å². The number of aliphatic carboxylic acids is 1. The molecule has 1 aliphatic heterocycles. The van der Waals surface area contributed by atoms with Crippen LogP contribution in [0.5, 0.6) is 0 Å². The third-order valence-corrected chi connectivity index (χ3v) is 5.96. The summed E-state index contributed by atoms with van der Waals surface area (Å²) >= 11 is 0. The van der Waals surface area contributed by atoms with E-state index in [2.05, 4.69) is 23.4 Å². The highest BCUT2D eigenvalue weighted by molar-refractivity contribution is 5.85. The molecule has 2 unspecified atom stereocenters. The molecule has 0 radical (unpaired) electrons. The Kier molecular flexibility index (Phi) is 6.61. The second-order valence-electron chi connectivity index (χ2n) is 8.01. The lowest BCUT2D eigenvalue weighted by atomic mass is 9.98. The zero-order valence-corrected chi connectivity index (χ0v) is 17.9. The second kappa shape index (κ2) is 9.76. The summed E-state index contributed by atoms with van der Waals surface area (Å²) in [5.74, 6) is -0.173. The minimum Gasteiger partial charge on any atom is -0.480 e. The van der Waals surface area contributed by atoms with Crippen LogP contribution in [0.3, 0.4) is 0 Å². The molecule has 2 aromatic carbocycles. The van der Waals surface area contributed by atoms with E-state index in [0.29, 0.717) is 0 Å². The molecule has 8 heteroatoms. The molecule has 0 aromatic heterocycles. The van der Waals surface area contributed by atoms with E-state index in [-0.39, 0.29) is 32.3 Å². The van der Waals surface area contributed by atoms with Crippen LogP contribution >= 0.6 is 0 Å². The van der Waals surface area contributed by atoms with Crippen molar-refractivity contribution < 1.29 is 29.0 Å². The Morgan fingerprint density at radius 1 is 1.09 bits per heavy atom. The number of benzene rings is 2.